The second-order valence-electron chi connectivity index (χ2n) is 5.59. The third-order valence-corrected chi connectivity index (χ3v) is 4.65. The molecule has 2 heterocycles. The molecule has 124 valence electrons. The van der Waals surface area contributed by atoms with E-state index < -0.39 is 0 Å². The highest BCUT2D eigenvalue weighted by Gasteiger charge is 2.17. The molecule has 0 spiro atoms. The smallest absolute Gasteiger partial charge is 0.191 e. The number of nitrogens with zero attached hydrogens (tertiary/aromatic N) is 3. The van der Waals surface area contributed by atoms with Gasteiger partial charge in [-0.1, -0.05) is 36.0 Å². The van der Waals surface area contributed by atoms with Crippen LogP contribution in [0.4, 0.5) is 0 Å². The third-order valence-electron chi connectivity index (χ3n) is 3.68. The van der Waals surface area contributed by atoms with Crippen LogP contribution in [0, 0.1) is 6.92 Å². The molecule has 0 radical (unpaired) electrons. The van der Waals surface area contributed by atoms with Gasteiger partial charge in [-0.3, -0.25) is 9.36 Å². The van der Waals surface area contributed by atoms with E-state index in [1.807, 2.05) is 34.9 Å². The van der Waals surface area contributed by atoms with Gasteiger partial charge in [-0.25, -0.2) is 0 Å². The summed E-state index contributed by atoms with van der Waals surface area (Å²) < 4.78 is 7.53. The zero-order valence-corrected chi connectivity index (χ0v) is 14.5. The maximum atomic E-state index is 11.2. The fraction of sp³-hybridized carbons (Fsp3) is 0.278. The number of aromatic nitrogens is 3. The molecule has 1 aromatic carbocycles. The van der Waals surface area contributed by atoms with Crippen LogP contribution in [0.1, 0.15) is 24.7 Å². The van der Waals surface area contributed by atoms with Crippen molar-refractivity contribution in [2.75, 3.05) is 5.75 Å². The summed E-state index contributed by atoms with van der Waals surface area (Å²) in [5.74, 6) is 2.53. The van der Waals surface area contributed by atoms with E-state index in [0.717, 1.165) is 27.9 Å². The first-order chi connectivity index (χ1) is 11.6. The maximum absolute atomic E-state index is 11.2. The molecule has 0 amide bonds. The quantitative estimate of drug-likeness (QED) is 0.609. The topological polar surface area (TPSA) is 60.9 Å². The molecule has 3 aromatic rings. The number of hydrogen-bond acceptors (Lipinski definition) is 5. The number of aryl methyl sites for hydroxylation is 1. The highest BCUT2D eigenvalue weighted by Crippen LogP contribution is 2.27. The van der Waals surface area contributed by atoms with Crippen molar-refractivity contribution in [3.63, 3.8) is 0 Å². The fourth-order valence-corrected chi connectivity index (χ4v) is 3.38. The average molecular weight is 341 g/mol. The number of ketones is 1. The lowest BCUT2D eigenvalue weighted by Crippen LogP contribution is -2.04. The van der Waals surface area contributed by atoms with Gasteiger partial charge in [0.15, 0.2) is 11.0 Å². The standard InChI is InChI=1S/C18H19N3O2S/c1-13-6-3-4-8-16(13)17-19-20-18(24-11-9-14(2)22)21(17)12-15-7-5-10-23-15/h3-8,10H,9,11-12H2,1-2H3. The van der Waals surface area contributed by atoms with E-state index in [-0.39, 0.29) is 5.78 Å². The molecule has 6 heteroatoms. The average Bonchev–Trinajstić information content (AvgIpc) is 3.19. The van der Waals surface area contributed by atoms with Crippen molar-refractivity contribution in [2.24, 2.45) is 0 Å². The Morgan fingerprint density at radius 3 is 2.75 bits per heavy atom. The first-order valence-electron chi connectivity index (χ1n) is 7.79. The van der Waals surface area contributed by atoms with Crippen LogP contribution < -0.4 is 0 Å². The summed E-state index contributed by atoms with van der Waals surface area (Å²) in [6.45, 7) is 4.22. The van der Waals surface area contributed by atoms with E-state index in [1.54, 1.807) is 24.9 Å². The minimum atomic E-state index is 0.179. The second-order valence-corrected chi connectivity index (χ2v) is 6.65. The molecule has 0 saturated heterocycles. The van der Waals surface area contributed by atoms with Crippen LogP contribution in [0.2, 0.25) is 0 Å². The number of rotatable bonds is 7. The highest BCUT2D eigenvalue weighted by molar-refractivity contribution is 7.99. The molecule has 0 atom stereocenters. The Kier molecular flexibility index (Phi) is 5.15. The highest BCUT2D eigenvalue weighted by atomic mass is 32.2. The lowest BCUT2D eigenvalue weighted by Gasteiger charge is -2.10. The Morgan fingerprint density at radius 2 is 2.04 bits per heavy atom. The number of hydrogen-bond donors (Lipinski definition) is 0. The zero-order valence-electron chi connectivity index (χ0n) is 13.7. The van der Waals surface area contributed by atoms with Crippen LogP contribution in [0.15, 0.2) is 52.2 Å². The molecule has 0 saturated carbocycles. The predicted molar refractivity (Wildman–Crippen MR) is 94.0 cm³/mol. The molecule has 24 heavy (non-hydrogen) atoms. The summed E-state index contributed by atoms with van der Waals surface area (Å²) in [5, 5.41) is 9.52. The Morgan fingerprint density at radius 1 is 1.21 bits per heavy atom. The van der Waals surface area contributed by atoms with E-state index in [2.05, 4.69) is 23.2 Å². The summed E-state index contributed by atoms with van der Waals surface area (Å²) in [4.78, 5) is 11.2. The summed E-state index contributed by atoms with van der Waals surface area (Å²) in [5.41, 5.74) is 2.20. The van der Waals surface area contributed by atoms with Crippen LogP contribution >= 0.6 is 11.8 Å². The Hall–Kier alpha value is -2.34. The summed E-state index contributed by atoms with van der Waals surface area (Å²) in [6.07, 6.45) is 2.19. The van der Waals surface area contributed by atoms with Crippen LogP contribution in [-0.4, -0.2) is 26.3 Å². The maximum Gasteiger partial charge on any atom is 0.191 e. The van der Waals surface area contributed by atoms with Crippen LogP contribution in [0.3, 0.4) is 0 Å². The molecule has 0 unspecified atom stereocenters. The number of carbonyl (C=O) groups excluding carboxylic acids is 1. The van der Waals surface area contributed by atoms with E-state index in [9.17, 15) is 4.79 Å². The first kappa shape index (κ1) is 16.5. The monoisotopic (exact) mass is 341 g/mol. The van der Waals surface area contributed by atoms with Gasteiger partial charge in [0.05, 0.1) is 12.8 Å². The molecule has 0 fully saturated rings. The van der Waals surface area contributed by atoms with E-state index in [4.69, 9.17) is 4.42 Å². The summed E-state index contributed by atoms with van der Waals surface area (Å²) in [6, 6.07) is 11.9. The van der Waals surface area contributed by atoms with Crippen molar-refractivity contribution >= 4 is 17.5 Å². The fourth-order valence-electron chi connectivity index (χ4n) is 2.41. The van der Waals surface area contributed by atoms with Crippen molar-refractivity contribution < 1.29 is 9.21 Å². The van der Waals surface area contributed by atoms with Crippen molar-refractivity contribution in [3.05, 3.63) is 54.0 Å². The van der Waals surface area contributed by atoms with Crippen molar-refractivity contribution in [1.29, 1.82) is 0 Å². The number of Topliss-reactive ketones (excluding diaryl/α,β-unsaturated/α-hetero) is 1. The Labute approximate surface area is 145 Å². The van der Waals surface area contributed by atoms with E-state index in [1.165, 1.54) is 0 Å². The van der Waals surface area contributed by atoms with Gasteiger partial charge in [0.25, 0.3) is 0 Å². The first-order valence-corrected chi connectivity index (χ1v) is 8.77. The van der Waals surface area contributed by atoms with Gasteiger partial charge in [-0.2, -0.15) is 0 Å². The zero-order chi connectivity index (χ0) is 16.9. The van der Waals surface area contributed by atoms with Crippen molar-refractivity contribution in [3.8, 4) is 11.4 Å². The molecule has 2 aromatic heterocycles. The molecule has 0 bridgehead atoms. The molecule has 0 aliphatic carbocycles. The van der Waals surface area contributed by atoms with Gasteiger partial charge >= 0.3 is 0 Å². The van der Waals surface area contributed by atoms with E-state index >= 15 is 0 Å². The number of benzene rings is 1. The summed E-state index contributed by atoms with van der Waals surface area (Å²) in [7, 11) is 0. The van der Waals surface area contributed by atoms with Crippen LogP contribution in [0.5, 0.6) is 0 Å². The summed E-state index contributed by atoms with van der Waals surface area (Å²) >= 11 is 1.55. The van der Waals surface area contributed by atoms with Gasteiger partial charge in [0, 0.05) is 17.7 Å². The van der Waals surface area contributed by atoms with Gasteiger partial charge in [-0.05, 0) is 31.5 Å². The van der Waals surface area contributed by atoms with Crippen LogP contribution in [0.25, 0.3) is 11.4 Å². The SMILES string of the molecule is CC(=O)CCSc1nnc(-c2ccccc2C)n1Cc1ccco1. The Bertz CT molecular complexity index is 825. The lowest BCUT2D eigenvalue weighted by molar-refractivity contribution is -0.116. The van der Waals surface area contributed by atoms with Crippen LogP contribution in [-0.2, 0) is 11.3 Å². The molecular formula is C18H19N3O2S. The largest absolute Gasteiger partial charge is 0.467 e. The number of thioether (sulfide) groups is 1. The molecular weight excluding hydrogens is 322 g/mol. The second kappa shape index (κ2) is 7.49. The van der Waals surface area contributed by atoms with Gasteiger partial charge in [0.2, 0.25) is 0 Å². The van der Waals surface area contributed by atoms with Gasteiger partial charge in [0.1, 0.15) is 11.5 Å². The molecule has 0 N–H and O–H groups in total. The number of furan rings is 1. The Balaban J connectivity index is 1.94. The third kappa shape index (κ3) is 3.76. The van der Waals surface area contributed by atoms with Gasteiger partial charge in [-0.15, -0.1) is 10.2 Å². The minimum absolute atomic E-state index is 0.179. The molecule has 5 nitrogen and oxygen atoms in total. The predicted octanol–water partition coefficient (Wildman–Crippen LogP) is 3.97. The van der Waals surface area contributed by atoms with Crippen molar-refractivity contribution in [1.82, 2.24) is 14.8 Å². The van der Waals surface area contributed by atoms with Crippen molar-refractivity contribution in [2.45, 2.75) is 32.0 Å². The molecule has 0 aliphatic heterocycles. The molecule has 3 rings (SSSR count). The number of carbonyl (C=O) groups is 1. The lowest BCUT2D eigenvalue weighted by atomic mass is 10.1. The normalized spacial score (nSPS) is 10.9. The molecule has 0 aliphatic rings. The van der Waals surface area contributed by atoms with Gasteiger partial charge < -0.3 is 4.42 Å². The van der Waals surface area contributed by atoms with E-state index in [0.29, 0.717) is 18.7 Å². The minimum Gasteiger partial charge on any atom is -0.467 e.